The van der Waals surface area contributed by atoms with Crippen molar-refractivity contribution in [3.63, 3.8) is 0 Å². The zero-order valence-corrected chi connectivity index (χ0v) is 11.3. The Balaban J connectivity index is 2.34. The monoisotopic (exact) mass is 301 g/mol. The van der Waals surface area contributed by atoms with Crippen molar-refractivity contribution in [3.05, 3.63) is 35.4 Å². The third-order valence-electron chi connectivity index (χ3n) is 3.93. The molecule has 0 aromatic heterocycles. The number of piperidine rings is 1. The summed E-state index contributed by atoms with van der Waals surface area (Å²) < 4.78 is 38.5. The van der Waals surface area contributed by atoms with Crippen LogP contribution < -0.4 is 15.7 Å². The molecule has 0 bridgehead atoms. The molecule has 4 nitrogen and oxygen atoms in total. The van der Waals surface area contributed by atoms with Gasteiger partial charge in [0.1, 0.15) is 6.09 Å². The molecule has 0 spiro atoms. The lowest BCUT2D eigenvalue weighted by Crippen LogP contribution is -2.50. The minimum Gasteiger partial charge on any atom is -0.530 e. The maximum atomic E-state index is 12.8. The van der Waals surface area contributed by atoms with Gasteiger partial charge in [-0.25, -0.2) is 0 Å². The average molecular weight is 301 g/mol. The highest BCUT2D eigenvalue weighted by Gasteiger charge is 2.36. The highest BCUT2D eigenvalue weighted by molar-refractivity contribution is 5.62. The molecule has 2 rings (SSSR count). The number of carbonyl (C=O) groups excluding carboxylic acids is 1. The Bertz CT molecular complexity index is 511. The van der Waals surface area contributed by atoms with Crippen LogP contribution in [0.4, 0.5) is 18.0 Å². The van der Waals surface area contributed by atoms with E-state index in [4.69, 9.17) is 0 Å². The zero-order valence-electron chi connectivity index (χ0n) is 11.3. The van der Waals surface area contributed by atoms with Crippen LogP contribution in [-0.2, 0) is 11.6 Å². The topological polar surface area (TPSA) is 64.2 Å². The molecule has 0 radical (unpaired) electrons. The summed E-state index contributed by atoms with van der Waals surface area (Å²) in [4.78, 5) is 10.6. The van der Waals surface area contributed by atoms with Crippen molar-refractivity contribution in [3.8, 4) is 0 Å². The molecule has 2 N–H and O–H groups in total. The van der Waals surface area contributed by atoms with E-state index in [-0.39, 0.29) is 6.54 Å². The van der Waals surface area contributed by atoms with Gasteiger partial charge in [0, 0.05) is 12.0 Å². The first-order valence-corrected chi connectivity index (χ1v) is 6.67. The molecule has 1 fully saturated rings. The Kier molecular flexibility index (Phi) is 4.41. The van der Waals surface area contributed by atoms with E-state index in [0.29, 0.717) is 31.5 Å². The largest absolute Gasteiger partial charge is 0.530 e. The van der Waals surface area contributed by atoms with Gasteiger partial charge in [0.25, 0.3) is 0 Å². The SMILES string of the molecule is O=C([O-])NCC1(c2cccc(C(F)(F)F)c2)CCNCC1. The number of alkyl halides is 3. The highest BCUT2D eigenvalue weighted by Crippen LogP contribution is 2.36. The van der Waals surface area contributed by atoms with Crippen LogP contribution in [0, 0.1) is 0 Å². The molecule has 0 atom stereocenters. The lowest BCUT2D eigenvalue weighted by atomic mass is 9.72. The molecule has 7 heteroatoms. The number of carbonyl (C=O) groups is 1. The van der Waals surface area contributed by atoms with Crippen LogP contribution in [0.5, 0.6) is 0 Å². The molecular weight excluding hydrogens is 285 g/mol. The second-order valence-corrected chi connectivity index (χ2v) is 5.25. The summed E-state index contributed by atoms with van der Waals surface area (Å²) in [5.74, 6) is 0. The second-order valence-electron chi connectivity index (χ2n) is 5.25. The normalized spacial score (nSPS) is 18.2. The van der Waals surface area contributed by atoms with Crippen LogP contribution in [0.2, 0.25) is 0 Å². The van der Waals surface area contributed by atoms with Gasteiger partial charge in [0.05, 0.1) is 5.56 Å². The van der Waals surface area contributed by atoms with E-state index >= 15 is 0 Å². The molecule has 1 aromatic carbocycles. The van der Waals surface area contributed by atoms with E-state index in [0.717, 1.165) is 12.1 Å². The minimum atomic E-state index is -4.41. The van der Waals surface area contributed by atoms with Crippen LogP contribution in [0.1, 0.15) is 24.0 Å². The van der Waals surface area contributed by atoms with Crippen LogP contribution in [0.15, 0.2) is 24.3 Å². The fourth-order valence-electron chi connectivity index (χ4n) is 2.74. The fraction of sp³-hybridized carbons (Fsp3) is 0.500. The number of halogens is 3. The maximum Gasteiger partial charge on any atom is 0.416 e. The molecule has 1 heterocycles. The van der Waals surface area contributed by atoms with Crippen molar-refractivity contribution in [2.24, 2.45) is 0 Å². The number of hydrogen-bond donors (Lipinski definition) is 2. The molecule has 1 aliphatic rings. The molecule has 0 saturated carbocycles. The van der Waals surface area contributed by atoms with Crippen LogP contribution in [0.3, 0.4) is 0 Å². The summed E-state index contributed by atoms with van der Waals surface area (Å²) in [7, 11) is 0. The molecule has 21 heavy (non-hydrogen) atoms. The van der Waals surface area contributed by atoms with Gasteiger partial charge in [-0.05, 0) is 37.6 Å². The van der Waals surface area contributed by atoms with E-state index in [1.165, 1.54) is 6.07 Å². The summed E-state index contributed by atoms with van der Waals surface area (Å²) in [5.41, 5.74) is -0.842. The van der Waals surface area contributed by atoms with E-state index in [2.05, 4.69) is 10.6 Å². The van der Waals surface area contributed by atoms with Gasteiger partial charge < -0.3 is 20.5 Å². The molecular formula is C14H16F3N2O2-. The first kappa shape index (κ1) is 15.6. The van der Waals surface area contributed by atoms with Crippen LogP contribution >= 0.6 is 0 Å². The van der Waals surface area contributed by atoms with Crippen molar-refractivity contribution in [2.45, 2.75) is 24.4 Å². The Morgan fingerprint density at radius 3 is 2.57 bits per heavy atom. The number of amides is 1. The number of nitrogens with one attached hydrogen (secondary N) is 2. The van der Waals surface area contributed by atoms with E-state index in [1.807, 2.05) is 0 Å². The smallest absolute Gasteiger partial charge is 0.416 e. The first-order chi connectivity index (χ1) is 9.83. The Labute approximate surface area is 120 Å². The van der Waals surface area contributed by atoms with Gasteiger partial charge in [-0.3, -0.25) is 0 Å². The maximum absolute atomic E-state index is 12.8. The number of carboxylic acid groups (broad SMARTS) is 1. The molecule has 0 unspecified atom stereocenters. The highest BCUT2D eigenvalue weighted by atomic mass is 19.4. The summed E-state index contributed by atoms with van der Waals surface area (Å²) in [6.45, 7) is 1.31. The van der Waals surface area contributed by atoms with Crippen molar-refractivity contribution in [1.29, 1.82) is 0 Å². The van der Waals surface area contributed by atoms with Gasteiger partial charge in [-0.1, -0.05) is 18.2 Å². The summed E-state index contributed by atoms with van der Waals surface area (Å²) in [6.07, 6.45) is -4.70. The average Bonchev–Trinajstić information content (AvgIpc) is 2.45. The summed E-state index contributed by atoms with van der Waals surface area (Å²) in [5, 5.41) is 16.0. The third kappa shape index (κ3) is 3.66. The molecule has 1 aliphatic heterocycles. The van der Waals surface area contributed by atoms with Crippen molar-refractivity contribution >= 4 is 6.09 Å². The quantitative estimate of drug-likeness (QED) is 0.883. The number of hydrogen-bond acceptors (Lipinski definition) is 3. The molecule has 0 aliphatic carbocycles. The van der Waals surface area contributed by atoms with Gasteiger partial charge >= 0.3 is 6.18 Å². The van der Waals surface area contributed by atoms with Crippen molar-refractivity contribution < 1.29 is 23.1 Å². The van der Waals surface area contributed by atoms with Gasteiger partial charge in [-0.2, -0.15) is 13.2 Å². The lowest BCUT2D eigenvalue weighted by molar-refractivity contribution is -0.251. The predicted octanol–water partition coefficient (Wildman–Crippen LogP) is 1.26. The van der Waals surface area contributed by atoms with E-state index < -0.39 is 23.2 Å². The van der Waals surface area contributed by atoms with E-state index in [1.54, 1.807) is 6.07 Å². The predicted molar refractivity (Wildman–Crippen MR) is 68.6 cm³/mol. The third-order valence-corrected chi connectivity index (χ3v) is 3.93. The van der Waals surface area contributed by atoms with Gasteiger partial charge in [0.15, 0.2) is 0 Å². The standard InChI is InChI=1S/C14H17F3N2O2/c15-14(16,17)11-3-1-2-10(8-11)13(9-19-12(20)21)4-6-18-7-5-13/h1-3,8,18-19H,4-7,9H2,(H,20,21)/p-1. The fourth-order valence-corrected chi connectivity index (χ4v) is 2.74. The minimum absolute atomic E-state index is 0.0539. The zero-order chi connectivity index (χ0) is 15.5. The molecule has 1 saturated heterocycles. The van der Waals surface area contributed by atoms with Crippen molar-refractivity contribution in [2.75, 3.05) is 19.6 Å². The number of rotatable bonds is 3. The van der Waals surface area contributed by atoms with Gasteiger partial charge in [-0.15, -0.1) is 0 Å². The Hall–Kier alpha value is -1.76. The second kappa shape index (κ2) is 5.93. The number of benzene rings is 1. The lowest BCUT2D eigenvalue weighted by Gasteiger charge is -2.39. The van der Waals surface area contributed by atoms with E-state index in [9.17, 15) is 23.1 Å². The van der Waals surface area contributed by atoms with Gasteiger partial charge in [0.2, 0.25) is 0 Å². The Morgan fingerprint density at radius 2 is 2.00 bits per heavy atom. The van der Waals surface area contributed by atoms with Crippen molar-refractivity contribution in [1.82, 2.24) is 10.6 Å². The first-order valence-electron chi connectivity index (χ1n) is 6.67. The molecule has 1 amide bonds. The molecule has 116 valence electrons. The summed E-state index contributed by atoms with van der Waals surface area (Å²) in [6, 6.07) is 5.12. The molecule has 1 aromatic rings. The van der Waals surface area contributed by atoms with Crippen LogP contribution in [-0.4, -0.2) is 25.7 Å². The summed E-state index contributed by atoms with van der Waals surface area (Å²) >= 11 is 0. The van der Waals surface area contributed by atoms with Crippen LogP contribution in [0.25, 0.3) is 0 Å². The Morgan fingerprint density at radius 1 is 1.33 bits per heavy atom.